The first-order valence-electron chi connectivity index (χ1n) is 5.13. The van der Waals surface area contributed by atoms with Crippen LogP contribution >= 0.6 is 12.4 Å². The highest BCUT2D eigenvalue weighted by Crippen LogP contribution is 2.37. The van der Waals surface area contributed by atoms with Crippen LogP contribution in [-0.2, 0) is 0 Å². The van der Waals surface area contributed by atoms with Gasteiger partial charge in [0.25, 0.3) is 0 Å². The van der Waals surface area contributed by atoms with Crippen molar-refractivity contribution < 1.29 is 9.47 Å². The summed E-state index contributed by atoms with van der Waals surface area (Å²) < 4.78 is 10.6. The molecule has 1 aromatic carbocycles. The summed E-state index contributed by atoms with van der Waals surface area (Å²) in [4.78, 5) is 0. The Morgan fingerprint density at radius 2 is 1.81 bits per heavy atom. The molecule has 1 atom stereocenters. The van der Waals surface area contributed by atoms with Gasteiger partial charge in [-0.15, -0.1) is 12.4 Å². The lowest BCUT2D eigenvalue weighted by Crippen LogP contribution is -2.26. The number of rotatable bonds is 1. The van der Waals surface area contributed by atoms with Gasteiger partial charge in [0, 0.05) is 6.04 Å². The molecule has 0 unspecified atom stereocenters. The first kappa shape index (κ1) is 13.1. The van der Waals surface area contributed by atoms with Crippen molar-refractivity contribution in [2.24, 2.45) is 11.1 Å². The van der Waals surface area contributed by atoms with E-state index in [9.17, 15) is 0 Å². The Labute approximate surface area is 102 Å². The van der Waals surface area contributed by atoms with Crippen LogP contribution in [0, 0.1) is 5.41 Å². The molecule has 1 aliphatic heterocycles. The Morgan fingerprint density at radius 3 is 2.44 bits per heavy atom. The highest BCUT2D eigenvalue weighted by molar-refractivity contribution is 5.85. The van der Waals surface area contributed by atoms with Gasteiger partial charge in [-0.3, -0.25) is 0 Å². The number of halogens is 1. The molecule has 1 aromatic rings. The van der Waals surface area contributed by atoms with Gasteiger partial charge in [-0.1, -0.05) is 26.8 Å². The summed E-state index contributed by atoms with van der Waals surface area (Å²) >= 11 is 0. The van der Waals surface area contributed by atoms with Crippen LogP contribution in [0.15, 0.2) is 18.2 Å². The van der Waals surface area contributed by atoms with E-state index in [2.05, 4.69) is 20.8 Å². The third kappa shape index (κ3) is 2.42. The van der Waals surface area contributed by atoms with Crippen LogP contribution in [0.2, 0.25) is 0 Å². The normalized spacial score (nSPS) is 15.5. The average molecular weight is 244 g/mol. The molecule has 0 bridgehead atoms. The van der Waals surface area contributed by atoms with Crippen LogP contribution in [0.25, 0.3) is 0 Å². The molecule has 0 spiro atoms. The zero-order valence-corrected chi connectivity index (χ0v) is 10.6. The lowest BCUT2D eigenvalue weighted by Gasteiger charge is -2.27. The second kappa shape index (κ2) is 4.52. The molecular weight excluding hydrogens is 226 g/mol. The molecule has 1 heterocycles. The molecule has 2 N–H and O–H groups in total. The first-order chi connectivity index (χ1) is 6.98. The van der Waals surface area contributed by atoms with Crippen LogP contribution in [0.1, 0.15) is 32.4 Å². The van der Waals surface area contributed by atoms with Crippen molar-refractivity contribution >= 4 is 12.4 Å². The minimum absolute atomic E-state index is 0. The monoisotopic (exact) mass is 243 g/mol. The number of fused-ring (bicyclic) bond motifs is 1. The number of ether oxygens (including phenoxy) is 2. The van der Waals surface area contributed by atoms with E-state index in [-0.39, 0.29) is 23.9 Å². The molecule has 0 aromatic heterocycles. The minimum Gasteiger partial charge on any atom is -0.454 e. The van der Waals surface area contributed by atoms with Crippen molar-refractivity contribution in [3.05, 3.63) is 23.8 Å². The molecule has 0 fully saturated rings. The van der Waals surface area contributed by atoms with Gasteiger partial charge in [0.2, 0.25) is 6.79 Å². The van der Waals surface area contributed by atoms with E-state index in [4.69, 9.17) is 15.2 Å². The molecule has 90 valence electrons. The van der Waals surface area contributed by atoms with E-state index >= 15 is 0 Å². The average Bonchev–Trinajstić information content (AvgIpc) is 2.61. The molecule has 0 saturated carbocycles. The predicted octanol–water partition coefficient (Wildman–Crippen LogP) is 2.88. The Hall–Kier alpha value is -0.930. The highest BCUT2D eigenvalue weighted by atomic mass is 35.5. The van der Waals surface area contributed by atoms with Crippen molar-refractivity contribution in [2.75, 3.05) is 6.79 Å². The van der Waals surface area contributed by atoms with E-state index in [0.717, 1.165) is 17.1 Å². The van der Waals surface area contributed by atoms with Gasteiger partial charge in [-0.2, -0.15) is 0 Å². The van der Waals surface area contributed by atoms with Crippen molar-refractivity contribution in [3.63, 3.8) is 0 Å². The Kier molecular flexibility index (Phi) is 3.71. The number of hydrogen-bond donors (Lipinski definition) is 1. The topological polar surface area (TPSA) is 44.5 Å². The molecule has 1 aliphatic rings. The van der Waals surface area contributed by atoms with E-state index in [1.807, 2.05) is 18.2 Å². The quantitative estimate of drug-likeness (QED) is 0.825. The molecule has 4 heteroatoms. The summed E-state index contributed by atoms with van der Waals surface area (Å²) in [6.07, 6.45) is 0. The number of nitrogens with two attached hydrogens (primary N) is 1. The second-order valence-corrected chi connectivity index (χ2v) is 4.96. The maximum atomic E-state index is 6.17. The molecule has 16 heavy (non-hydrogen) atoms. The van der Waals surface area contributed by atoms with Crippen LogP contribution in [-0.4, -0.2) is 6.79 Å². The molecule has 0 amide bonds. The molecular formula is C12H18ClNO2. The fraction of sp³-hybridized carbons (Fsp3) is 0.500. The van der Waals surface area contributed by atoms with Crippen molar-refractivity contribution in [1.82, 2.24) is 0 Å². The maximum absolute atomic E-state index is 6.17. The van der Waals surface area contributed by atoms with Crippen molar-refractivity contribution in [3.8, 4) is 11.5 Å². The van der Waals surface area contributed by atoms with Gasteiger partial charge >= 0.3 is 0 Å². The summed E-state index contributed by atoms with van der Waals surface area (Å²) in [5, 5.41) is 0. The highest BCUT2D eigenvalue weighted by Gasteiger charge is 2.24. The van der Waals surface area contributed by atoms with Crippen LogP contribution < -0.4 is 15.2 Å². The van der Waals surface area contributed by atoms with Gasteiger partial charge in [-0.25, -0.2) is 0 Å². The molecule has 2 rings (SSSR count). The van der Waals surface area contributed by atoms with Crippen molar-refractivity contribution in [1.29, 1.82) is 0 Å². The zero-order valence-electron chi connectivity index (χ0n) is 9.82. The molecule has 0 radical (unpaired) electrons. The van der Waals surface area contributed by atoms with Crippen molar-refractivity contribution in [2.45, 2.75) is 26.8 Å². The molecule has 0 aliphatic carbocycles. The summed E-state index contributed by atoms with van der Waals surface area (Å²) in [5.74, 6) is 1.60. The lowest BCUT2D eigenvalue weighted by molar-refractivity contribution is 0.174. The maximum Gasteiger partial charge on any atom is 0.231 e. The third-order valence-corrected chi connectivity index (χ3v) is 2.69. The van der Waals surface area contributed by atoms with Gasteiger partial charge in [0.05, 0.1) is 0 Å². The fourth-order valence-corrected chi connectivity index (χ4v) is 1.61. The fourth-order valence-electron chi connectivity index (χ4n) is 1.61. The van der Waals surface area contributed by atoms with Gasteiger partial charge in [-0.05, 0) is 23.1 Å². The lowest BCUT2D eigenvalue weighted by atomic mass is 9.83. The van der Waals surface area contributed by atoms with Crippen LogP contribution in [0.4, 0.5) is 0 Å². The third-order valence-electron chi connectivity index (χ3n) is 2.69. The van der Waals surface area contributed by atoms with Gasteiger partial charge < -0.3 is 15.2 Å². The SMILES string of the molecule is CC(C)(C)[C@H](N)c1ccc2c(c1)OCO2.Cl. The standard InChI is InChI=1S/C12H17NO2.ClH/c1-12(2,3)11(13)8-4-5-9-10(6-8)15-7-14-9;/h4-6,11H,7,13H2,1-3H3;1H/t11-;/m1./s1. The van der Waals surface area contributed by atoms with E-state index < -0.39 is 0 Å². The Morgan fingerprint density at radius 1 is 1.19 bits per heavy atom. The van der Waals surface area contributed by atoms with E-state index in [1.165, 1.54) is 0 Å². The summed E-state index contributed by atoms with van der Waals surface area (Å²) in [6.45, 7) is 6.69. The van der Waals surface area contributed by atoms with Gasteiger partial charge in [0.1, 0.15) is 0 Å². The molecule has 3 nitrogen and oxygen atoms in total. The van der Waals surface area contributed by atoms with Crippen LogP contribution in [0.5, 0.6) is 11.5 Å². The summed E-state index contributed by atoms with van der Waals surface area (Å²) in [6, 6.07) is 5.90. The largest absolute Gasteiger partial charge is 0.454 e. The minimum atomic E-state index is 0. The van der Waals surface area contributed by atoms with E-state index in [1.54, 1.807) is 0 Å². The Bertz CT molecular complexity index is 374. The summed E-state index contributed by atoms with van der Waals surface area (Å²) in [7, 11) is 0. The number of hydrogen-bond acceptors (Lipinski definition) is 3. The zero-order chi connectivity index (χ0) is 11.1. The molecule has 0 saturated heterocycles. The van der Waals surface area contributed by atoms with E-state index in [0.29, 0.717) is 6.79 Å². The summed E-state index contributed by atoms with van der Waals surface area (Å²) in [5.41, 5.74) is 7.31. The smallest absolute Gasteiger partial charge is 0.231 e. The van der Waals surface area contributed by atoms with Gasteiger partial charge in [0.15, 0.2) is 11.5 Å². The second-order valence-electron chi connectivity index (χ2n) is 4.96. The van der Waals surface area contributed by atoms with Crippen LogP contribution in [0.3, 0.4) is 0 Å². The first-order valence-corrected chi connectivity index (χ1v) is 5.13. The predicted molar refractivity (Wildman–Crippen MR) is 66.2 cm³/mol. The number of benzene rings is 1. The Balaban J connectivity index is 0.00000128.